The van der Waals surface area contributed by atoms with Gasteiger partial charge in [-0.05, 0) is 19.8 Å². The molecule has 0 spiro atoms. The minimum atomic E-state index is -4.50. The molecule has 2 aromatic heterocycles. The molecule has 0 unspecified atom stereocenters. The summed E-state index contributed by atoms with van der Waals surface area (Å²) in [6.45, 7) is 2.03. The van der Waals surface area contributed by atoms with Crippen molar-refractivity contribution in [3.05, 3.63) is 23.8 Å². The van der Waals surface area contributed by atoms with E-state index in [-0.39, 0.29) is 24.5 Å². The van der Waals surface area contributed by atoms with E-state index in [9.17, 15) is 18.0 Å². The zero-order chi connectivity index (χ0) is 20.8. The number of likely N-dealkylation sites (N-methyl/N-ethyl adjacent to an activating group) is 1. The smallest absolute Gasteiger partial charge is 0.366 e. The summed E-state index contributed by atoms with van der Waals surface area (Å²) < 4.78 is 37.6. The molecule has 0 saturated heterocycles. The van der Waals surface area contributed by atoms with Gasteiger partial charge in [0.2, 0.25) is 11.9 Å². The number of anilines is 4. The number of alkyl halides is 3. The first kappa shape index (κ1) is 19.2. The van der Waals surface area contributed by atoms with E-state index in [4.69, 9.17) is 0 Å². The average molecular weight is 408 g/mol. The van der Waals surface area contributed by atoms with Gasteiger partial charge in [0.1, 0.15) is 11.5 Å². The van der Waals surface area contributed by atoms with E-state index < -0.39 is 11.9 Å². The van der Waals surface area contributed by atoms with Crippen LogP contribution in [0.2, 0.25) is 0 Å². The third kappa shape index (κ3) is 4.00. The Labute approximate surface area is 164 Å². The summed E-state index contributed by atoms with van der Waals surface area (Å²) >= 11 is 0. The van der Waals surface area contributed by atoms with E-state index in [0.29, 0.717) is 29.0 Å². The van der Waals surface area contributed by atoms with Crippen LogP contribution in [0.5, 0.6) is 0 Å². The first-order valence-corrected chi connectivity index (χ1v) is 9.01. The molecule has 12 heteroatoms. The Kier molecular flexibility index (Phi) is 4.63. The van der Waals surface area contributed by atoms with Crippen molar-refractivity contribution in [1.82, 2.24) is 19.9 Å². The first-order valence-electron chi connectivity index (χ1n) is 9.01. The van der Waals surface area contributed by atoms with Gasteiger partial charge in [0, 0.05) is 19.1 Å². The highest BCUT2D eigenvalue weighted by Crippen LogP contribution is 2.32. The predicted octanol–water partition coefficient (Wildman–Crippen LogP) is 2.04. The molecule has 0 bridgehead atoms. The van der Waals surface area contributed by atoms with Gasteiger partial charge in [-0.1, -0.05) is 0 Å². The summed E-state index contributed by atoms with van der Waals surface area (Å²) in [6.07, 6.45) is -1.23. The van der Waals surface area contributed by atoms with Crippen molar-refractivity contribution >= 4 is 29.2 Å². The largest absolute Gasteiger partial charge is 0.434 e. The minimum Gasteiger partial charge on any atom is -0.366 e. The number of carbonyl (C=O) groups is 1. The maximum absolute atomic E-state index is 12.5. The third-order valence-corrected chi connectivity index (χ3v) is 4.84. The lowest BCUT2D eigenvalue weighted by molar-refractivity contribution is -0.141. The molecule has 154 valence electrons. The van der Waals surface area contributed by atoms with Gasteiger partial charge in [-0.15, -0.1) is 0 Å². The average Bonchev–Trinajstić information content (AvgIpc) is 2.60. The number of carbonyl (C=O) groups excluding carboxylic acids is 1. The molecule has 0 aromatic carbocycles. The van der Waals surface area contributed by atoms with Gasteiger partial charge in [0.25, 0.3) is 0 Å². The molecule has 29 heavy (non-hydrogen) atoms. The molecule has 3 N–H and O–H groups in total. The van der Waals surface area contributed by atoms with Crippen LogP contribution in [0, 0.1) is 6.92 Å². The molecule has 3 heterocycles. The lowest BCUT2D eigenvalue weighted by Crippen LogP contribution is -2.44. The van der Waals surface area contributed by atoms with Crippen LogP contribution in [0.3, 0.4) is 0 Å². The number of hydrogen-bond donors (Lipinski definition) is 3. The fraction of sp³-hybridized carbons (Fsp3) is 0.471. The first-order chi connectivity index (χ1) is 13.7. The molecular weight excluding hydrogens is 389 g/mol. The Hall–Kier alpha value is -3.18. The summed E-state index contributed by atoms with van der Waals surface area (Å²) in [7, 11) is 1.79. The van der Waals surface area contributed by atoms with Crippen molar-refractivity contribution < 1.29 is 18.0 Å². The van der Waals surface area contributed by atoms with E-state index in [2.05, 4.69) is 35.9 Å². The number of fused-ring (bicyclic) bond motifs is 1. The maximum atomic E-state index is 12.5. The summed E-state index contributed by atoms with van der Waals surface area (Å²) in [5.41, 5.74) is 0.270. The van der Waals surface area contributed by atoms with Gasteiger partial charge in [0.15, 0.2) is 11.5 Å². The van der Waals surface area contributed by atoms with Gasteiger partial charge >= 0.3 is 6.18 Å². The molecule has 1 fully saturated rings. The normalized spacial score (nSPS) is 21.1. The molecule has 9 nitrogen and oxygen atoms in total. The van der Waals surface area contributed by atoms with Crippen molar-refractivity contribution in [3.8, 4) is 0 Å². The van der Waals surface area contributed by atoms with Crippen LogP contribution >= 0.6 is 0 Å². The number of nitrogens with one attached hydrogen (secondary N) is 3. The number of halogens is 3. The molecule has 2 aromatic rings. The molecule has 2 aliphatic rings. The van der Waals surface area contributed by atoms with Gasteiger partial charge in [-0.25, -0.2) is 15.0 Å². The molecule has 0 radical (unpaired) electrons. The van der Waals surface area contributed by atoms with Crippen molar-refractivity contribution in [3.63, 3.8) is 0 Å². The highest BCUT2D eigenvalue weighted by atomic mass is 19.4. The lowest BCUT2D eigenvalue weighted by atomic mass is 9.87. The molecule has 1 amide bonds. The van der Waals surface area contributed by atoms with Gasteiger partial charge < -0.3 is 20.9 Å². The second kappa shape index (κ2) is 7.01. The number of aromatic nitrogens is 4. The van der Waals surface area contributed by atoms with Crippen LogP contribution in [-0.2, 0) is 11.0 Å². The second-order valence-electron chi connectivity index (χ2n) is 7.17. The molecular formula is C17H19F3N8O. The Morgan fingerprint density at radius 3 is 2.52 bits per heavy atom. The Bertz CT molecular complexity index is 928. The maximum Gasteiger partial charge on any atom is 0.434 e. The summed E-state index contributed by atoms with van der Waals surface area (Å²) in [6, 6.07) is 0.190. The highest BCUT2D eigenvalue weighted by Gasteiger charge is 2.34. The third-order valence-electron chi connectivity index (χ3n) is 4.84. The fourth-order valence-corrected chi connectivity index (χ4v) is 3.31. The Morgan fingerprint density at radius 2 is 1.86 bits per heavy atom. The van der Waals surface area contributed by atoms with E-state index in [1.807, 2.05) is 0 Å². The van der Waals surface area contributed by atoms with Crippen molar-refractivity contribution in [2.24, 2.45) is 0 Å². The van der Waals surface area contributed by atoms with Crippen molar-refractivity contribution in [2.75, 3.05) is 34.4 Å². The summed E-state index contributed by atoms with van der Waals surface area (Å²) in [5, 5.41) is 9.12. The molecule has 4 rings (SSSR count). The predicted molar refractivity (Wildman–Crippen MR) is 99.8 cm³/mol. The summed E-state index contributed by atoms with van der Waals surface area (Å²) in [4.78, 5) is 29.5. The monoisotopic (exact) mass is 408 g/mol. The molecule has 1 aliphatic heterocycles. The fourth-order valence-electron chi connectivity index (χ4n) is 3.31. The van der Waals surface area contributed by atoms with E-state index in [1.165, 1.54) is 0 Å². The zero-order valence-corrected chi connectivity index (χ0v) is 15.7. The van der Waals surface area contributed by atoms with Crippen LogP contribution < -0.4 is 20.9 Å². The topological polar surface area (TPSA) is 108 Å². The number of amides is 1. The van der Waals surface area contributed by atoms with Crippen LogP contribution in [0.4, 0.5) is 36.4 Å². The zero-order valence-electron chi connectivity index (χ0n) is 15.7. The van der Waals surface area contributed by atoms with E-state index in [0.717, 1.165) is 25.2 Å². The number of aryl methyl sites for hydroxylation is 1. The van der Waals surface area contributed by atoms with Gasteiger partial charge in [0.05, 0.1) is 24.6 Å². The number of nitrogens with zero attached hydrogens (tertiary/aromatic N) is 5. The molecule has 1 aliphatic carbocycles. The van der Waals surface area contributed by atoms with Crippen LogP contribution in [0.15, 0.2) is 12.4 Å². The Morgan fingerprint density at radius 1 is 1.14 bits per heavy atom. The van der Waals surface area contributed by atoms with Crippen LogP contribution in [0.25, 0.3) is 0 Å². The standard InChI is InChI=1S/C17H19F3N8O/c1-8-14-15(28(2)7-13(29)26-14)27-16(23-8)25-10-3-9(4-10)24-12-6-21-11(5-22-12)17(18,19)20/h5-6,9-10H,3-4,7H2,1-2H3,(H,22,24)(H,26,29)(H,23,25,27). The van der Waals surface area contributed by atoms with Crippen molar-refractivity contribution in [1.29, 1.82) is 0 Å². The summed E-state index contributed by atoms with van der Waals surface area (Å²) in [5.74, 6) is 1.34. The van der Waals surface area contributed by atoms with E-state index >= 15 is 0 Å². The SMILES string of the molecule is Cc1nc(NC2CC(Nc3cnc(C(F)(F)F)cn3)C2)nc2c1NC(=O)CN2C. The number of hydrogen-bond acceptors (Lipinski definition) is 8. The van der Waals surface area contributed by atoms with Crippen LogP contribution in [0.1, 0.15) is 24.2 Å². The van der Waals surface area contributed by atoms with Gasteiger partial charge in [-0.3, -0.25) is 4.79 Å². The van der Waals surface area contributed by atoms with Crippen LogP contribution in [-0.4, -0.2) is 51.5 Å². The highest BCUT2D eigenvalue weighted by molar-refractivity contribution is 6.00. The lowest BCUT2D eigenvalue weighted by Gasteiger charge is -2.37. The van der Waals surface area contributed by atoms with Crippen molar-refractivity contribution in [2.45, 2.75) is 38.0 Å². The molecule has 0 atom stereocenters. The number of rotatable bonds is 4. The van der Waals surface area contributed by atoms with Gasteiger partial charge in [-0.2, -0.15) is 18.2 Å². The van der Waals surface area contributed by atoms with E-state index in [1.54, 1.807) is 18.9 Å². The molecule has 1 saturated carbocycles. The Balaban J connectivity index is 1.34. The minimum absolute atomic E-state index is 0.0687. The quantitative estimate of drug-likeness (QED) is 0.706. The second-order valence-corrected chi connectivity index (χ2v) is 7.17.